The molecule has 0 atom stereocenters. The Hall–Kier alpha value is -1.29. The summed E-state index contributed by atoms with van der Waals surface area (Å²) in [7, 11) is 0. The van der Waals surface area contributed by atoms with Gasteiger partial charge >= 0.3 is 5.88 Å². The van der Waals surface area contributed by atoms with Crippen LogP contribution in [-0.2, 0) is 0 Å². The number of rotatable bonds is 1. The molecule has 1 aliphatic heterocycles. The van der Waals surface area contributed by atoms with E-state index in [1.807, 2.05) is 17.7 Å². The van der Waals surface area contributed by atoms with Crippen LogP contribution < -0.4 is 10.9 Å². The number of hydrogen-bond donors (Lipinski definition) is 2. The second-order valence-corrected chi connectivity index (χ2v) is 3.14. The van der Waals surface area contributed by atoms with Crippen molar-refractivity contribution in [1.82, 2.24) is 10.6 Å². The molecule has 0 aliphatic carbocycles. The average molecular weight is 166 g/mol. The molecule has 2 rings (SSSR count). The van der Waals surface area contributed by atoms with E-state index in [1.165, 1.54) is 0 Å². The second kappa shape index (κ2) is 2.64. The van der Waals surface area contributed by atoms with Crippen molar-refractivity contribution in [3.63, 3.8) is 0 Å². The van der Waals surface area contributed by atoms with Crippen LogP contribution in [0.2, 0.25) is 0 Å². The summed E-state index contributed by atoms with van der Waals surface area (Å²) in [5.41, 5.74) is 6.90. The second-order valence-electron chi connectivity index (χ2n) is 3.14. The van der Waals surface area contributed by atoms with Gasteiger partial charge in [-0.2, -0.15) is 5.43 Å². The van der Waals surface area contributed by atoms with Crippen molar-refractivity contribution in [2.24, 2.45) is 0 Å². The van der Waals surface area contributed by atoms with Gasteiger partial charge in [-0.05, 0) is 12.0 Å². The highest BCUT2D eigenvalue weighted by molar-refractivity contribution is 5.60. The van der Waals surface area contributed by atoms with Crippen LogP contribution in [0.1, 0.15) is 31.0 Å². The zero-order chi connectivity index (χ0) is 8.55. The lowest BCUT2D eigenvalue weighted by molar-refractivity contribution is -0.636. The van der Waals surface area contributed by atoms with E-state index in [0.29, 0.717) is 5.92 Å². The minimum Gasteiger partial charge on any atom is -0.300 e. The molecule has 3 N–H and O–H groups in total. The summed E-state index contributed by atoms with van der Waals surface area (Å²) in [6, 6.07) is 0. The third-order valence-corrected chi connectivity index (χ3v) is 1.89. The lowest BCUT2D eigenvalue weighted by Crippen LogP contribution is -2.87. The number of nitrogens with one attached hydrogen (secondary N) is 1. The van der Waals surface area contributed by atoms with Gasteiger partial charge < -0.3 is 0 Å². The molecule has 0 spiro atoms. The molecule has 0 amide bonds. The predicted octanol–water partition coefficient (Wildman–Crippen LogP) is 0.482. The lowest BCUT2D eigenvalue weighted by Gasteiger charge is -2.03. The number of hydrogen-bond acceptors (Lipinski definition) is 3. The average Bonchev–Trinajstić information content (AvgIpc) is 2.47. The molecule has 64 valence electrons. The van der Waals surface area contributed by atoms with Gasteiger partial charge in [0.25, 0.3) is 0 Å². The van der Waals surface area contributed by atoms with Gasteiger partial charge in [0, 0.05) is 0 Å². The maximum atomic E-state index is 5.13. The predicted molar refractivity (Wildman–Crippen MR) is 44.3 cm³/mol. The number of nitrogens with zero attached hydrogens (tertiary/aromatic N) is 1. The fraction of sp³-hybridized carbons (Fsp3) is 0.375. The Balaban J connectivity index is 2.47. The van der Waals surface area contributed by atoms with Crippen LogP contribution in [0.15, 0.2) is 10.7 Å². The van der Waals surface area contributed by atoms with Crippen molar-refractivity contribution >= 4 is 12.0 Å². The monoisotopic (exact) mass is 166 g/mol. The fourth-order valence-corrected chi connectivity index (χ4v) is 1.27. The van der Waals surface area contributed by atoms with Crippen molar-refractivity contribution < 1.29 is 9.95 Å². The van der Waals surface area contributed by atoms with Crippen LogP contribution in [0.4, 0.5) is 5.88 Å². The van der Waals surface area contributed by atoms with Crippen molar-refractivity contribution in [1.29, 1.82) is 0 Å². The van der Waals surface area contributed by atoms with Gasteiger partial charge in [0.05, 0.1) is 6.20 Å². The van der Waals surface area contributed by atoms with Crippen LogP contribution in [-0.4, -0.2) is 5.16 Å². The maximum Gasteiger partial charge on any atom is 0.350 e. The molecule has 1 aromatic heterocycles. The van der Waals surface area contributed by atoms with E-state index >= 15 is 0 Å². The van der Waals surface area contributed by atoms with E-state index in [-0.39, 0.29) is 0 Å². The molecule has 4 nitrogen and oxygen atoms in total. The molecule has 1 aromatic rings. The molecule has 0 saturated carbocycles. The summed E-state index contributed by atoms with van der Waals surface area (Å²) in [5, 5.41) is 4.00. The molecule has 0 bridgehead atoms. The quantitative estimate of drug-likeness (QED) is 0.597. The van der Waals surface area contributed by atoms with Gasteiger partial charge in [0.1, 0.15) is 11.3 Å². The van der Waals surface area contributed by atoms with Gasteiger partial charge in [-0.25, -0.2) is 5.43 Å². The smallest absolute Gasteiger partial charge is 0.300 e. The largest absolute Gasteiger partial charge is 0.350 e. The van der Waals surface area contributed by atoms with Crippen molar-refractivity contribution in [2.75, 3.05) is 0 Å². The summed E-state index contributed by atoms with van der Waals surface area (Å²) < 4.78 is 5.13. The number of nitrogens with two attached hydrogens (primary N) is 1. The topological polar surface area (TPSA) is 54.7 Å². The van der Waals surface area contributed by atoms with Crippen molar-refractivity contribution in [3.8, 4) is 0 Å². The van der Waals surface area contributed by atoms with Gasteiger partial charge in [-0.15, -0.1) is 0 Å². The summed E-state index contributed by atoms with van der Waals surface area (Å²) in [4.78, 5) is 0. The highest BCUT2D eigenvalue weighted by Gasteiger charge is 2.21. The molecule has 2 heterocycles. The minimum absolute atomic E-state index is 0.411. The Morgan fingerprint density at radius 1 is 1.58 bits per heavy atom. The fourth-order valence-electron chi connectivity index (χ4n) is 1.27. The first-order valence-corrected chi connectivity index (χ1v) is 4.04. The zero-order valence-electron chi connectivity index (χ0n) is 7.16. The molecule has 0 aromatic carbocycles. The van der Waals surface area contributed by atoms with E-state index in [4.69, 9.17) is 4.52 Å². The Labute approximate surface area is 70.6 Å². The molecular formula is C8H12N3O+. The van der Waals surface area contributed by atoms with Gasteiger partial charge in [-0.1, -0.05) is 19.0 Å². The van der Waals surface area contributed by atoms with E-state index in [2.05, 4.69) is 24.4 Å². The highest BCUT2D eigenvalue weighted by Crippen LogP contribution is 2.24. The van der Waals surface area contributed by atoms with Crippen molar-refractivity contribution in [3.05, 3.63) is 17.5 Å². The Morgan fingerprint density at radius 2 is 2.42 bits per heavy atom. The molecule has 4 heteroatoms. The van der Waals surface area contributed by atoms with Crippen LogP contribution in [0.5, 0.6) is 0 Å². The van der Waals surface area contributed by atoms with Gasteiger partial charge in [0.2, 0.25) is 0 Å². The maximum absolute atomic E-state index is 5.13. The summed E-state index contributed by atoms with van der Waals surface area (Å²) in [6.45, 7) is 4.21. The molecule has 12 heavy (non-hydrogen) atoms. The molecule has 0 radical (unpaired) electrons. The van der Waals surface area contributed by atoms with E-state index in [0.717, 1.165) is 17.1 Å². The highest BCUT2D eigenvalue weighted by atomic mass is 16.5. The normalized spacial score (nSPS) is 14.6. The Kier molecular flexibility index (Phi) is 1.62. The molecule has 0 fully saturated rings. The van der Waals surface area contributed by atoms with Crippen LogP contribution in [0, 0.1) is 0 Å². The minimum atomic E-state index is 0.411. The zero-order valence-corrected chi connectivity index (χ0v) is 7.16. The Bertz CT molecular complexity index is 314. The molecule has 0 saturated heterocycles. The standard InChI is InChI=1S/C8H11N3O/c1-5(2)7-6-3-4-9-10-8(6)12-11-7/h3-5,9-10H,1-2H3/p+1. The van der Waals surface area contributed by atoms with Gasteiger partial charge in [0.15, 0.2) is 0 Å². The molecule has 1 aliphatic rings. The number of quaternary nitrogens is 1. The first-order valence-electron chi connectivity index (χ1n) is 4.04. The third kappa shape index (κ3) is 1.00. The van der Waals surface area contributed by atoms with Crippen LogP contribution in [0.25, 0.3) is 6.08 Å². The third-order valence-electron chi connectivity index (χ3n) is 1.89. The van der Waals surface area contributed by atoms with Crippen LogP contribution >= 0.6 is 0 Å². The number of fused-ring (bicyclic) bond motifs is 1. The summed E-state index contributed by atoms with van der Waals surface area (Å²) in [6.07, 6.45) is 3.87. The first kappa shape index (κ1) is 7.36. The van der Waals surface area contributed by atoms with E-state index < -0.39 is 0 Å². The number of aromatic nitrogens is 1. The molecular weight excluding hydrogens is 154 g/mol. The first-order chi connectivity index (χ1) is 5.79. The SMILES string of the molecule is CC(C)c1noc2c1C=CN[NH2+]2. The van der Waals surface area contributed by atoms with E-state index in [1.54, 1.807) is 0 Å². The Morgan fingerprint density at radius 3 is 3.17 bits per heavy atom. The van der Waals surface area contributed by atoms with Crippen LogP contribution in [0.3, 0.4) is 0 Å². The van der Waals surface area contributed by atoms with E-state index in [9.17, 15) is 0 Å². The lowest BCUT2D eigenvalue weighted by atomic mass is 10.1. The summed E-state index contributed by atoms with van der Waals surface area (Å²) >= 11 is 0. The van der Waals surface area contributed by atoms with Crippen molar-refractivity contribution in [2.45, 2.75) is 19.8 Å². The van der Waals surface area contributed by atoms with Gasteiger partial charge in [-0.3, -0.25) is 4.52 Å². The summed E-state index contributed by atoms with van der Waals surface area (Å²) in [5.74, 6) is 1.23. The molecule has 0 unspecified atom stereocenters.